The highest BCUT2D eigenvalue weighted by Crippen LogP contribution is 2.37. The van der Waals surface area contributed by atoms with Crippen LogP contribution in [0.2, 0.25) is 0 Å². The average molecular weight is 266 g/mol. The highest BCUT2D eigenvalue weighted by molar-refractivity contribution is 5.79. The molecular formula is C16H30N2O. The lowest BCUT2D eigenvalue weighted by Gasteiger charge is -2.40. The Hall–Kier alpha value is -0.570. The summed E-state index contributed by atoms with van der Waals surface area (Å²) in [6.45, 7) is 4.68. The second-order valence-corrected chi connectivity index (χ2v) is 7.46. The second kappa shape index (κ2) is 5.82. The maximum absolute atomic E-state index is 12.6. The van der Waals surface area contributed by atoms with Gasteiger partial charge in [-0.3, -0.25) is 4.79 Å². The van der Waals surface area contributed by atoms with E-state index in [4.69, 9.17) is 5.73 Å². The van der Waals surface area contributed by atoms with E-state index in [0.29, 0.717) is 23.4 Å². The molecule has 2 aliphatic rings. The smallest absolute Gasteiger partial charge is 0.225 e. The molecule has 2 rings (SSSR count). The lowest BCUT2D eigenvalue weighted by atomic mass is 9.75. The van der Waals surface area contributed by atoms with Gasteiger partial charge in [0.25, 0.3) is 0 Å². The van der Waals surface area contributed by atoms with Gasteiger partial charge >= 0.3 is 0 Å². The summed E-state index contributed by atoms with van der Waals surface area (Å²) in [5.41, 5.74) is 6.39. The number of amides is 1. The summed E-state index contributed by atoms with van der Waals surface area (Å²) in [5.74, 6) is 0.608. The Morgan fingerprint density at radius 2 is 1.58 bits per heavy atom. The van der Waals surface area contributed by atoms with Crippen LogP contribution in [0.3, 0.4) is 0 Å². The molecule has 0 heterocycles. The summed E-state index contributed by atoms with van der Waals surface area (Å²) in [7, 11) is 2.01. The van der Waals surface area contributed by atoms with Gasteiger partial charge in [0.15, 0.2) is 0 Å². The van der Waals surface area contributed by atoms with Crippen LogP contribution in [0, 0.1) is 11.3 Å². The monoisotopic (exact) mass is 266 g/mol. The van der Waals surface area contributed by atoms with Crippen molar-refractivity contribution >= 4 is 5.91 Å². The minimum absolute atomic E-state index is 0.236. The van der Waals surface area contributed by atoms with Crippen LogP contribution in [-0.4, -0.2) is 29.9 Å². The SMILES string of the molecule is CN(C(=O)C1CCC(N)CC1)C1CCC(C)(C)CC1. The Bertz CT molecular complexity index is 309. The normalized spacial score (nSPS) is 32.0. The van der Waals surface area contributed by atoms with E-state index in [1.807, 2.05) is 7.05 Å². The van der Waals surface area contributed by atoms with Crippen LogP contribution in [0.15, 0.2) is 0 Å². The maximum Gasteiger partial charge on any atom is 0.225 e. The fraction of sp³-hybridized carbons (Fsp3) is 0.938. The van der Waals surface area contributed by atoms with Gasteiger partial charge in [-0.1, -0.05) is 13.8 Å². The third-order valence-electron chi connectivity index (χ3n) is 5.33. The Morgan fingerprint density at radius 1 is 1.05 bits per heavy atom. The molecule has 19 heavy (non-hydrogen) atoms. The van der Waals surface area contributed by atoms with Crippen molar-refractivity contribution in [2.45, 2.75) is 77.3 Å². The van der Waals surface area contributed by atoms with E-state index in [1.54, 1.807) is 0 Å². The molecule has 0 saturated heterocycles. The van der Waals surface area contributed by atoms with E-state index in [0.717, 1.165) is 25.7 Å². The van der Waals surface area contributed by atoms with Gasteiger partial charge in [0.05, 0.1) is 0 Å². The van der Waals surface area contributed by atoms with Gasteiger partial charge in [0.1, 0.15) is 0 Å². The minimum Gasteiger partial charge on any atom is -0.343 e. The first-order valence-electron chi connectivity index (χ1n) is 7.91. The molecule has 110 valence electrons. The number of carbonyl (C=O) groups excluding carboxylic acids is 1. The first-order valence-corrected chi connectivity index (χ1v) is 7.91. The highest BCUT2D eigenvalue weighted by atomic mass is 16.2. The van der Waals surface area contributed by atoms with E-state index in [2.05, 4.69) is 18.7 Å². The van der Waals surface area contributed by atoms with Crippen LogP contribution < -0.4 is 5.73 Å². The van der Waals surface area contributed by atoms with Crippen LogP contribution in [-0.2, 0) is 4.79 Å². The van der Waals surface area contributed by atoms with Crippen molar-refractivity contribution < 1.29 is 4.79 Å². The predicted octanol–water partition coefficient (Wildman–Crippen LogP) is 2.93. The lowest BCUT2D eigenvalue weighted by Crippen LogP contribution is -2.44. The Kier molecular flexibility index (Phi) is 4.54. The number of carbonyl (C=O) groups is 1. The van der Waals surface area contributed by atoms with Gasteiger partial charge in [-0.2, -0.15) is 0 Å². The summed E-state index contributed by atoms with van der Waals surface area (Å²) in [6.07, 6.45) is 8.83. The quantitative estimate of drug-likeness (QED) is 0.835. The topological polar surface area (TPSA) is 46.3 Å². The molecule has 2 N–H and O–H groups in total. The van der Waals surface area contributed by atoms with Gasteiger partial charge in [-0.05, 0) is 56.8 Å². The Morgan fingerprint density at radius 3 is 2.11 bits per heavy atom. The van der Waals surface area contributed by atoms with Crippen molar-refractivity contribution in [1.29, 1.82) is 0 Å². The van der Waals surface area contributed by atoms with E-state index in [9.17, 15) is 4.79 Å². The fourth-order valence-corrected chi connectivity index (χ4v) is 3.61. The molecule has 0 aromatic rings. The van der Waals surface area contributed by atoms with E-state index in [1.165, 1.54) is 25.7 Å². The average Bonchev–Trinajstić information content (AvgIpc) is 2.38. The molecule has 2 fully saturated rings. The molecule has 0 unspecified atom stereocenters. The van der Waals surface area contributed by atoms with Gasteiger partial charge in [0.2, 0.25) is 5.91 Å². The fourth-order valence-electron chi connectivity index (χ4n) is 3.61. The largest absolute Gasteiger partial charge is 0.343 e. The van der Waals surface area contributed by atoms with Crippen LogP contribution >= 0.6 is 0 Å². The third kappa shape index (κ3) is 3.71. The third-order valence-corrected chi connectivity index (χ3v) is 5.33. The molecule has 2 saturated carbocycles. The van der Waals surface area contributed by atoms with Crippen molar-refractivity contribution in [1.82, 2.24) is 4.90 Å². The highest BCUT2D eigenvalue weighted by Gasteiger charge is 2.33. The molecule has 0 aliphatic heterocycles. The second-order valence-electron chi connectivity index (χ2n) is 7.46. The summed E-state index contributed by atoms with van der Waals surface area (Å²) >= 11 is 0. The number of nitrogens with zero attached hydrogens (tertiary/aromatic N) is 1. The number of hydrogen-bond donors (Lipinski definition) is 1. The van der Waals surface area contributed by atoms with E-state index >= 15 is 0 Å². The van der Waals surface area contributed by atoms with Gasteiger partial charge < -0.3 is 10.6 Å². The molecule has 0 aromatic heterocycles. The maximum atomic E-state index is 12.6. The lowest BCUT2D eigenvalue weighted by molar-refractivity contribution is -0.138. The minimum atomic E-state index is 0.236. The number of nitrogens with two attached hydrogens (primary N) is 1. The molecule has 2 aliphatic carbocycles. The standard InChI is InChI=1S/C16H30N2O/c1-16(2)10-8-14(9-11-16)18(3)15(19)12-4-6-13(17)7-5-12/h12-14H,4-11,17H2,1-3H3. The summed E-state index contributed by atoms with van der Waals surface area (Å²) in [5, 5.41) is 0. The molecule has 0 aromatic carbocycles. The summed E-state index contributed by atoms with van der Waals surface area (Å²) < 4.78 is 0. The van der Waals surface area contributed by atoms with E-state index in [-0.39, 0.29) is 5.92 Å². The van der Waals surface area contributed by atoms with Crippen LogP contribution in [0.1, 0.15) is 65.2 Å². The van der Waals surface area contributed by atoms with Crippen molar-refractivity contribution in [2.24, 2.45) is 17.1 Å². The summed E-state index contributed by atoms with van der Waals surface area (Å²) in [6, 6.07) is 0.793. The van der Waals surface area contributed by atoms with Gasteiger partial charge in [0, 0.05) is 25.0 Å². The molecule has 0 radical (unpaired) electrons. The Labute approximate surface area is 117 Å². The molecule has 1 amide bonds. The number of rotatable bonds is 2. The van der Waals surface area contributed by atoms with Gasteiger partial charge in [-0.25, -0.2) is 0 Å². The molecule has 0 spiro atoms. The van der Waals surface area contributed by atoms with Crippen LogP contribution in [0.25, 0.3) is 0 Å². The zero-order valence-electron chi connectivity index (χ0n) is 12.8. The summed E-state index contributed by atoms with van der Waals surface area (Å²) in [4.78, 5) is 14.6. The van der Waals surface area contributed by atoms with Crippen molar-refractivity contribution in [3.05, 3.63) is 0 Å². The zero-order valence-corrected chi connectivity index (χ0v) is 12.8. The van der Waals surface area contributed by atoms with Gasteiger partial charge in [-0.15, -0.1) is 0 Å². The first-order chi connectivity index (χ1) is 8.89. The molecular weight excluding hydrogens is 236 g/mol. The number of hydrogen-bond acceptors (Lipinski definition) is 2. The van der Waals surface area contributed by atoms with Crippen molar-refractivity contribution in [3.8, 4) is 0 Å². The predicted molar refractivity (Wildman–Crippen MR) is 78.7 cm³/mol. The van der Waals surface area contributed by atoms with Crippen LogP contribution in [0.4, 0.5) is 0 Å². The zero-order chi connectivity index (χ0) is 14.0. The first kappa shape index (κ1) is 14.8. The molecule has 3 nitrogen and oxygen atoms in total. The van der Waals surface area contributed by atoms with Crippen molar-refractivity contribution in [2.75, 3.05) is 7.05 Å². The molecule has 3 heteroatoms. The van der Waals surface area contributed by atoms with E-state index < -0.39 is 0 Å². The molecule has 0 bridgehead atoms. The Balaban J connectivity index is 1.86. The van der Waals surface area contributed by atoms with Crippen LogP contribution in [0.5, 0.6) is 0 Å². The molecule has 0 atom stereocenters. The van der Waals surface area contributed by atoms with Crippen molar-refractivity contribution in [3.63, 3.8) is 0 Å².